The lowest BCUT2D eigenvalue weighted by Crippen LogP contribution is -2.08. The molecule has 0 unspecified atom stereocenters. The van der Waals surface area contributed by atoms with Gasteiger partial charge in [0.15, 0.2) is 0 Å². The van der Waals surface area contributed by atoms with Crippen molar-refractivity contribution in [1.82, 2.24) is 10.1 Å². The molecule has 0 atom stereocenters. The number of aromatic nitrogens is 2. The second-order valence-corrected chi connectivity index (χ2v) is 6.87. The number of hydrogen-bond acceptors (Lipinski definition) is 9. The molecule has 4 rings (SSSR count). The predicted octanol–water partition coefficient (Wildman–Crippen LogP) is 3.29. The predicted molar refractivity (Wildman–Crippen MR) is 99.9 cm³/mol. The minimum atomic E-state index is -0.587. The van der Waals surface area contributed by atoms with Crippen molar-refractivity contribution in [2.24, 2.45) is 0 Å². The normalized spacial score (nSPS) is 11.0. The highest BCUT2D eigenvalue weighted by molar-refractivity contribution is 7.13. The second kappa shape index (κ2) is 7.65. The summed E-state index contributed by atoms with van der Waals surface area (Å²) >= 11 is 1.50. The fraction of sp³-hybridized carbons (Fsp3) is 0.158. The molecule has 28 heavy (non-hydrogen) atoms. The van der Waals surface area contributed by atoms with Gasteiger partial charge < -0.3 is 18.8 Å². The van der Waals surface area contributed by atoms with E-state index in [1.807, 2.05) is 17.5 Å². The number of fused-ring (bicyclic) bond motifs is 1. The van der Waals surface area contributed by atoms with Crippen LogP contribution >= 0.6 is 11.3 Å². The number of thiophene rings is 1. The van der Waals surface area contributed by atoms with Crippen molar-refractivity contribution in [2.75, 3.05) is 0 Å². The van der Waals surface area contributed by atoms with E-state index in [0.29, 0.717) is 22.7 Å². The summed E-state index contributed by atoms with van der Waals surface area (Å²) in [5.74, 6) is 0.355. The lowest BCUT2D eigenvalue weighted by atomic mass is 10.1. The fourth-order valence-corrected chi connectivity index (χ4v) is 3.29. The minimum absolute atomic E-state index is 0.0220. The first kappa shape index (κ1) is 17.9. The molecule has 0 fully saturated rings. The van der Waals surface area contributed by atoms with Gasteiger partial charge in [-0.2, -0.15) is 4.98 Å². The largest absolute Gasteiger partial charge is 0.508 e. The van der Waals surface area contributed by atoms with Gasteiger partial charge in [0.1, 0.15) is 17.9 Å². The summed E-state index contributed by atoms with van der Waals surface area (Å²) in [5, 5.41) is 15.9. The molecule has 0 radical (unpaired) electrons. The van der Waals surface area contributed by atoms with E-state index in [9.17, 15) is 14.7 Å². The van der Waals surface area contributed by atoms with Crippen LogP contribution in [0.25, 0.3) is 21.7 Å². The number of carbonyl (C=O) groups is 1. The van der Waals surface area contributed by atoms with Crippen LogP contribution in [0.4, 0.5) is 0 Å². The molecule has 0 aliphatic carbocycles. The lowest BCUT2D eigenvalue weighted by Gasteiger charge is -2.07. The van der Waals surface area contributed by atoms with Crippen molar-refractivity contribution in [3.8, 4) is 16.5 Å². The van der Waals surface area contributed by atoms with Crippen molar-refractivity contribution in [2.45, 2.75) is 19.4 Å². The monoisotopic (exact) mass is 398 g/mol. The van der Waals surface area contributed by atoms with Crippen LogP contribution in [0.5, 0.6) is 5.75 Å². The van der Waals surface area contributed by atoms with E-state index >= 15 is 0 Å². The maximum Gasteiger partial charge on any atom is 0.336 e. The number of ether oxygens (including phenoxy) is 1. The second-order valence-electron chi connectivity index (χ2n) is 5.92. The van der Waals surface area contributed by atoms with E-state index in [1.165, 1.54) is 29.5 Å². The Balaban J connectivity index is 1.37. The highest BCUT2D eigenvalue weighted by atomic mass is 32.1. The highest BCUT2D eigenvalue weighted by Gasteiger charge is 2.13. The van der Waals surface area contributed by atoms with Gasteiger partial charge in [-0.25, -0.2) is 4.79 Å². The lowest BCUT2D eigenvalue weighted by molar-refractivity contribution is -0.145. The Morgan fingerprint density at radius 2 is 2.14 bits per heavy atom. The number of phenolic OH excluding ortho intramolecular Hbond substituents is 1. The molecule has 8 nitrogen and oxygen atoms in total. The van der Waals surface area contributed by atoms with E-state index < -0.39 is 11.6 Å². The molecule has 0 saturated heterocycles. The molecule has 9 heteroatoms. The van der Waals surface area contributed by atoms with E-state index in [1.54, 1.807) is 6.07 Å². The SMILES string of the molecule is O=C(CCc1nc(-c2cccs2)no1)OCc1cc(=O)oc2cc(O)ccc12. The van der Waals surface area contributed by atoms with Crippen LogP contribution < -0.4 is 5.63 Å². The molecule has 4 aromatic rings. The smallest absolute Gasteiger partial charge is 0.336 e. The zero-order valence-electron chi connectivity index (χ0n) is 14.5. The summed E-state index contributed by atoms with van der Waals surface area (Å²) in [4.78, 5) is 28.8. The highest BCUT2D eigenvalue weighted by Crippen LogP contribution is 2.23. The number of aromatic hydroxyl groups is 1. The molecule has 142 valence electrons. The molecule has 1 N–H and O–H groups in total. The average Bonchev–Trinajstić information content (AvgIpc) is 3.35. The zero-order chi connectivity index (χ0) is 19.5. The van der Waals surface area contributed by atoms with Gasteiger partial charge in [-0.1, -0.05) is 11.2 Å². The topological polar surface area (TPSA) is 116 Å². The molecule has 0 bridgehead atoms. The van der Waals surface area contributed by atoms with Gasteiger partial charge in [0, 0.05) is 29.5 Å². The van der Waals surface area contributed by atoms with Crippen LogP contribution in [-0.4, -0.2) is 21.2 Å². The molecule has 0 aliphatic rings. The van der Waals surface area contributed by atoms with Crippen LogP contribution in [0, 0.1) is 0 Å². The minimum Gasteiger partial charge on any atom is -0.508 e. The molecule has 3 aromatic heterocycles. The summed E-state index contributed by atoms with van der Waals surface area (Å²) in [6.45, 7) is -0.0873. The first-order chi connectivity index (χ1) is 13.6. The molecule has 0 aliphatic heterocycles. The molecule has 1 aromatic carbocycles. The fourth-order valence-electron chi connectivity index (χ4n) is 2.64. The molecular formula is C19H14N2O6S. The third-order valence-electron chi connectivity index (χ3n) is 3.96. The van der Waals surface area contributed by atoms with E-state index in [4.69, 9.17) is 13.7 Å². The summed E-state index contributed by atoms with van der Waals surface area (Å²) < 4.78 is 15.4. The quantitative estimate of drug-likeness (QED) is 0.389. The molecular weight excluding hydrogens is 384 g/mol. The van der Waals surface area contributed by atoms with Gasteiger partial charge in [-0.15, -0.1) is 11.3 Å². The van der Waals surface area contributed by atoms with Crippen molar-refractivity contribution in [3.63, 3.8) is 0 Å². The summed E-state index contributed by atoms with van der Waals surface area (Å²) in [5.41, 5.74) is 0.138. The Kier molecular flexibility index (Phi) is 4.90. The van der Waals surface area contributed by atoms with Crippen LogP contribution in [0.2, 0.25) is 0 Å². The van der Waals surface area contributed by atoms with Crippen molar-refractivity contribution >= 4 is 28.3 Å². The van der Waals surface area contributed by atoms with Crippen molar-refractivity contribution in [3.05, 3.63) is 63.7 Å². The third-order valence-corrected chi connectivity index (χ3v) is 4.82. The molecule has 0 amide bonds. The number of esters is 1. The number of phenols is 1. The number of benzene rings is 1. The zero-order valence-corrected chi connectivity index (χ0v) is 15.3. The number of aryl methyl sites for hydroxylation is 1. The van der Waals surface area contributed by atoms with Crippen LogP contribution in [0.3, 0.4) is 0 Å². The Morgan fingerprint density at radius 3 is 2.96 bits per heavy atom. The standard InChI is InChI=1S/C19H14N2O6S/c22-12-3-4-13-11(8-18(24)26-14(13)9-12)10-25-17(23)6-5-16-20-19(21-27-16)15-2-1-7-28-15/h1-4,7-9,22H,5-6,10H2. The van der Waals surface area contributed by atoms with Gasteiger partial charge in [0.2, 0.25) is 11.7 Å². The summed E-state index contributed by atoms with van der Waals surface area (Å²) in [7, 11) is 0. The van der Waals surface area contributed by atoms with Gasteiger partial charge in [0.25, 0.3) is 0 Å². The maximum absolute atomic E-state index is 12.0. The Hall–Kier alpha value is -3.46. The Bertz CT molecular complexity index is 1180. The van der Waals surface area contributed by atoms with Crippen molar-refractivity contribution in [1.29, 1.82) is 0 Å². The molecule has 3 heterocycles. The maximum atomic E-state index is 12.0. The van der Waals surface area contributed by atoms with E-state index in [0.717, 1.165) is 4.88 Å². The third kappa shape index (κ3) is 3.94. The number of nitrogens with zero attached hydrogens (tertiary/aromatic N) is 2. The number of carbonyl (C=O) groups excluding carboxylic acids is 1. The Labute approximate surface area is 162 Å². The van der Waals surface area contributed by atoms with Gasteiger partial charge in [-0.05, 0) is 23.6 Å². The summed E-state index contributed by atoms with van der Waals surface area (Å²) in [6.07, 6.45) is 0.314. The molecule has 0 spiro atoms. The van der Waals surface area contributed by atoms with Gasteiger partial charge >= 0.3 is 11.6 Å². The number of hydrogen-bond donors (Lipinski definition) is 1. The van der Waals surface area contributed by atoms with Gasteiger partial charge in [-0.3, -0.25) is 4.79 Å². The van der Waals surface area contributed by atoms with E-state index in [2.05, 4.69) is 10.1 Å². The molecule has 0 saturated carbocycles. The summed E-state index contributed by atoms with van der Waals surface area (Å²) in [6, 6.07) is 9.44. The first-order valence-corrected chi connectivity index (χ1v) is 9.24. The first-order valence-electron chi connectivity index (χ1n) is 8.36. The van der Waals surface area contributed by atoms with Crippen LogP contribution in [0.15, 0.2) is 55.5 Å². The Morgan fingerprint density at radius 1 is 1.25 bits per heavy atom. The average molecular weight is 398 g/mol. The van der Waals surface area contributed by atoms with Crippen LogP contribution in [0.1, 0.15) is 17.9 Å². The van der Waals surface area contributed by atoms with E-state index in [-0.39, 0.29) is 30.8 Å². The van der Waals surface area contributed by atoms with Gasteiger partial charge in [0.05, 0.1) is 11.3 Å². The van der Waals surface area contributed by atoms with Crippen LogP contribution in [-0.2, 0) is 22.6 Å². The van der Waals surface area contributed by atoms with Crippen molar-refractivity contribution < 1.29 is 23.6 Å². The number of rotatable bonds is 6.